The monoisotopic (exact) mass is 241 g/mol. The van der Waals surface area contributed by atoms with E-state index in [1.54, 1.807) is 0 Å². The summed E-state index contributed by atoms with van der Waals surface area (Å²) < 4.78 is 0. The first-order valence-electron chi connectivity index (χ1n) is 6.87. The third-order valence-corrected chi connectivity index (χ3v) is 3.53. The summed E-state index contributed by atoms with van der Waals surface area (Å²) in [6.07, 6.45) is 5.00. The van der Waals surface area contributed by atoms with Crippen LogP contribution in [0.5, 0.6) is 0 Å². The van der Waals surface area contributed by atoms with Crippen molar-refractivity contribution in [3.8, 4) is 0 Å². The first kappa shape index (κ1) is 14.3. The van der Waals surface area contributed by atoms with Crippen LogP contribution < -0.4 is 16.0 Å². The highest BCUT2D eigenvalue weighted by Crippen LogP contribution is 2.07. The third kappa shape index (κ3) is 5.91. The van der Waals surface area contributed by atoms with E-state index in [0.29, 0.717) is 12.0 Å². The maximum atomic E-state index is 11.6. The quantitative estimate of drug-likeness (QED) is 0.703. The van der Waals surface area contributed by atoms with Gasteiger partial charge in [-0.3, -0.25) is 0 Å². The molecule has 2 amide bonds. The van der Waals surface area contributed by atoms with Crippen molar-refractivity contribution in [2.45, 2.75) is 58.5 Å². The molecule has 1 aliphatic rings. The smallest absolute Gasteiger partial charge is 0.315 e. The fourth-order valence-corrected chi connectivity index (χ4v) is 1.92. The SMILES string of the molecule is CC(C)C(C)NC(=O)NCC1CCCCCN1. The average Bonchev–Trinajstić information content (AvgIpc) is 2.54. The van der Waals surface area contributed by atoms with E-state index in [1.807, 2.05) is 6.92 Å². The van der Waals surface area contributed by atoms with E-state index in [2.05, 4.69) is 29.8 Å². The lowest BCUT2D eigenvalue weighted by Crippen LogP contribution is -2.47. The van der Waals surface area contributed by atoms with E-state index >= 15 is 0 Å². The molecule has 0 aromatic rings. The Morgan fingerprint density at radius 3 is 2.76 bits per heavy atom. The van der Waals surface area contributed by atoms with Gasteiger partial charge in [0.1, 0.15) is 0 Å². The number of amides is 2. The predicted molar refractivity (Wildman–Crippen MR) is 71.1 cm³/mol. The summed E-state index contributed by atoms with van der Waals surface area (Å²) in [6.45, 7) is 8.07. The van der Waals surface area contributed by atoms with Crippen LogP contribution in [0.3, 0.4) is 0 Å². The lowest BCUT2D eigenvalue weighted by Gasteiger charge is -2.20. The van der Waals surface area contributed by atoms with Crippen molar-refractivity contribution in [1.29, 1.82) is 0 Å². The number of carbonyl (C=O) groups excluding carboxylic acids is 1. The zero-order valence-electron chi connectivity index (χ0n) is 11.4. The minimum absolute atomic E-state index is 0.0442. The largest absolute Gasteiger partial charge is 0.337 e. The highest BCUT2D eigenvalue weighted by molar-refractivity contribution is 5.74. The molecule has 3 N–H and O–H groups in total. The second-order valence-corrected chi connectivity index (χ2v) is 5.39. The molecular formula is C13H27N3O. The zero-order chi connectivity index (χ0) is 12.7. The van der Waals surface area contributed by atoms with Crippen molar-refractivity contribution >= 4 is 6.03 Å². The van der Waals surface area contributed by atoms with E-state index in [0.717, 1.165) is 13.1 Å². The first-order valence-corrected chi connectivity index (χ1v) is 6.87. The van der Waals surface area contributed by atoms with Crippen LogP contribution in [0.1, 0.15) is 46.5 Å². The molecular weight excluding hydrogens is 214 g/mol. The van der Waals surface area contributed by atoms with Crippen LogP contribution in [-0.2, 0) is 0 Å². The number of hydrogen-bond acceptors (Lipinski definition) is 2. The van der Waals surface area contributed by atoms with Gasteiger partial charge in [-0.05, 0) is 32.2 Å². The molecule has 0 aromatic carbocycles. The van der Waals surface area contributed by atoms with Gasteiger partial charge in [-0.15, -0.1) is 0 Å². The van der Waals surface area contributed by atoms with Crippen molar-refractivity contribution in [2.75, 3.05) is 13.1 Å². The number of nitrogens with one attached hydrogen (secondary N) is 3. The van der Waals surface area contributed by atoms with Crippen molar-refractivity contribution in [1.82, 2.24) is 16.0 Å². The molecule has 0 bridgehead atoms. The Hall–Kier alpha value is -0.770. The minimum atomic E-state index is -0.0442. The molecule has 100 valence electrons. The van der Waals surface area contributed by atoms with Gasteiger partial charge >= 0.3 is 6.03 Å². The zero-order valence-corrected chi connectivity index (χ0v) is 11.4. The molecule has 0 radical (unpaired) electrons. The topological polar surface area (TPSA) is 53.2 Å². The Labute approximate surface area is 105 Å². The molecule has 1 aliphatic heterocycles. The Morgan fingerprint density at radius 2 is 2.06 bits per heavy atom. The molecule has 1 rings (SSSR count). The minimum Gasteiger partial charge on any atom is -0.337 e. The van der Waals surface area contributed by atoms with Crippen LogP contribution in [0.4, 0.5) is 4.79 Å². The van der Waals surface area contributed by atoms with Gasteiger partial charge < -0.3 is 16.0 Å². The van der Waals surface area contributed by atoms with E-state index < -0.39 is 0 Å². The molecule has 0 spiro atoms. The van der Waals surface area contributed by atoms with Crippen molar-refractivity contribution < 1.29 is 4.79 Å². The molecule has 1 fully saturated rings. The highest BCUT2D eigenvalue weighted by atomic mass is 16.2. The van der Waals surface area contributed by atoms with Gasteiger partial charge in [-0.1, -0.05) is 26.7 Å². The number of urea groups is 1. The van der Waals surface area contributed by atoms with Gasteiger partial charge in [0.15, 0.2) is 0 Å². The molecule has 0 saturated carbocycles. The van der Waals surface area contributed by atoms with Crippen LogP contribution >= 0.6 is 0 Å². The highest BCUT2D eigenvalue weighted by Gasteiger charge is 2.14. The van der Waals surface area contributed by atoms with Crippen LogP contribution in [0, 0.1) is 5.92 Å². The van der Waals surface area contributed by atoms with Gasteiger partial charge in [0, 0.05) is 18.6 Å². The summed E-state index contributed by atoms with van der Waals surface area (Å²) in [5.74, 6) is 0.469. The maximum absolute atomic E-state index is 11.6. The molecule has 4 heteroatoms. The second kappa shape index (κ2) is 7.54. The predicted octanol–water partition coefficient (Wildman–Crippen LogP) is 1.86. The molecule has 1 saturated heterocycles. The number of hydrogen-bond donors (Lipinski definition) is 3. The summed E-state index contributed by atoms with van der Waals surface area (Å²) in [7, 11) is 0. The van der Waals surface area contributed by atoms with Crippen LogP contribution in [0.15, 0.2) is 0 Å². The molecule has 4 nitrogen and oxygen atoms in total. The van der Waals surface area contributed by atoms with E-state index in [9.17, 15) is 4.79 Å². The Balaban J connectivity index is 2.18. The van der Waals surface area contributed by atoms with Crippen LogP contribution in [0.25, 0.3) is 0 Å². The van der Waals surface area contributed by atoms with Crippen LogP contribution in [0.2, 0.25) is 0 Å². The summed E-state index contributed by atoms with van der Waals surface area (Å²) in [6, 6.07) is 0.618. The van der Waals surface area contributed by atoms with Gasteiger partial charge in [0.2, 0.25) is 0 Å². The lowest BCUT2D eigenvalue weighted by atomic mass is 10.1. The van der Waals surface area contributed by atoms with Crippen molar-refractivity contribution in [2.24, 2.45) is 5.92 Å². The fraction of sp³-hybridized carbons (Fsp3) is 0.923. The summed E-state index contributed by atoms with van der Waals surface area (Å²) >= 11 is 0. The Kier molecular flexibility index (Phi) is 6.34. The van der Waals surface area contributed by atoms with Crippen molar-refractivity contribution in [3.63, 3.8) is 0 Å². The molecule has 2 atom stereocenters. The summed E-state index contributed by atoms with van der Waals surface area (Å²) in [5, 5.41) is 9.38. The Bertz CT molecular complexity index is 223. The maximum Gasteiger partial charge on any atom is 0.315 e. The second-order valence-electron chi connectivity index (χ2n) is 5.39. The van der Waals surface area contributed by atoms with E-state index in [-0.39, 0.29) is 12.1 Å². The van der Waals surface area contributed by atoms with E-state index in [4.69, 9.17) is 0 Å². The molecule has 1 heterocycles. The average molecular weight is 241 g/mol. The molecule has 17 heavy (non-hydrogen) atoms. The fourth-order valence-electron chi connectivity index (χ4n) is 1.92. The standard InChI is InChI=1S/C13H27N3O/c1-10(2)11(3)16-13(17)15-9-12-7-5-4-6-8-14-12/h10-12,14H,4-9H2,1-3H3,(H2,15,16,17). The van der Waals surface area contributed by atoms with Crippen LogP contribution in [-0.4, -0.2) is 31.2 Å². The molecule has 0 aromatic heterocycles. The molecule has 0 aliphatic carbocycles. The van der Waals surface area contributed by atoms with Gasteiger partial charge in [0.25, 0.3) is 0 Å². The van der Waals surface area contributed by atoms with Gasteiger partial charge in [-0.2, -0.15) is 0 Å². The summed E-state index contributed by atoms with van der Waals surface area (Å²) in [4.78, 5) is 11.6. The summed E-state index contributed by atoms with van der Waals surface area (Å²) in [5.41, 5.74) is 0. The Morgan fingerprint density at radius 1 is 1.29 bits per heavy atom. The van der Waals surface area contributed by atoms with Gasteiger partial charge in [-0.25, -0.2) is 4.79 Å². The third-order valence-electron chi connectivity index (χ3n) is 3.53. The van der Waals surface area contributed by atoms with E-state index in [1.165, 1.54) is 25.7 Å². The molecule has 2 unspecified atom stereocenters. The lowest BCUT2D eigenvalue weighted by molar-refractivity contribution is 0.233. The normalized spacial score (nSPS) is 22.9. The first-order chi connectivity index (χ1) is 8.09. The number of rotatable bonds is 4. The number of carbonyl (C=O) groups is 1. The van der Waals surface area contributed by atoms with Gasteiger partial charge in [0.05, 0.1) is 0 Å². The van der Waals surface area contributed by atoms with Crippen molar-refractivity contribution in [3.05, 3.63) is 0 Å².